The highest BCUT2D eigenvalue weighted by molar-refractivity contribution is 7.85. The number of halogens is 3. The van der Waals surface area contributed by atoms with Gasteiger partial charge in [0.2, 0.25) is 5.91 Å². The van der Waals surface area contributed by atoms with Crippen LogP contribution in [0.25, 0.3) is 6.08 Å². The molecule has 0 spiro atoms. The SMILES string of the molecule is CC(C)(C)/C=C/c1ccc(C(Cc2ccc(C(=O)CCCS(=O)(=O)O)cc2)C(=O)Nc2ccc(OC(F)(F)F)cc2)cc1. The molecule has 1 atom stereocenters. The normalized spacial score (nSPS) is 13.1. The second kappa shape index (κ2) is 14.0. The minimum atomic E-state index is -4.83. The van der Waals surface area contributed by atoms with Gasteiger partial charge in [0.25, 0.3) is 10.1 Å². The number of anilines is 1. The second-order valence-electron chi connectivity index (χ2n) is 11.2. The van der Waals surface area contributed by atoms with Crippen molar-refractivity contribution in [1.82, 2.24) is 0 Å². The van der Waals surface area contributed by atoms with Gasteiger partial charge >= 0.3 is 6.36 Å². The standard InChI is InChI=1S/C32H34F3NO6S/c1-31(2,3)19-18-22-6-10-24(11-7-22)28(30(38)36-26-14-16-27(17-15-26)42-32(33,34)35)21-23-8-12-25(13-9-23)29(37)5-4-20-43(39,40)41/h6-19,28H,4-5,20-21H2,1-3H3,(H,36,38)(H,39,40,41)/b19-18+. The molecule has 3 aromatic carbocycles. The number of hydrogen-bond donors (Lipinski definition) is 2. The Balaban J connectivity index is 1.80. The first kappa shape index (κ1) is 33.5. The molecule has 0 heterocycles. The topological polar surface area (TPSA) is 110 Å². The number of nitrogens with one attached hydrogen (secondary N) is 1. The highest BCUT2D eigenvalue weighted by Gasteiger charge is 2.31. The quantitative estimate of drug-likeness (QED) is 0.161. The Morgan fingerprint density at radius 1 is 0.930 bits per heavy atom. The third-order valence-electron chi connectivity index (χ3n) is 6.31. The number of benzene rings is 3. The Kier molecular flexibility index (Phi) is 10.9. The van der Waals surface area contributed by atoms with Crippen LogP contribution in [0.15, 0.2) is 78.9 Å². The number of alkyl halides is 3. The fourth-order valence-corrected chi connectivity index (χ4v) is 4.65. The molecule has 0 aliphatic heterocycles. The molecule has 0 radical (unpaired) electrons. The molecule has 0 bridgehead atoms. The lowest BCUT2D eigenvalue weighted by Crippen LogP contribution is -2.23. The first-order valence-electron chi connectivity index (χ1n) is 13.5. The van der Waals surface area contributed by atoms with E-state index in [1.807, 2.05) is 30.3 Å². The van der Waals surface area contributed by atoms with Crippen LogP contribution in [-0.4, -0.2) is 36.8 Å². The van der Waals surface area contributed by atoms with Crippen molar-refractivity contribution >= 4 is 33.6 Å². The zero-order valence-electron chi connectivity index (χ0n) is 24.0. The van der Waals surface area contributed by atoms with Crippen LogP contribution >= 0.6 is 0 Å². The molecular weight excluding hydrogens is 583 g/mol. The molecule has 0 aliphatic rings. The molecule has 11 heteroatoms. The summed E-state index contributed by atoms with van der Waals surface area (Å²) in [6, 6.07) is 19.0. The number of Topliss-reactive ketones (excluding diaryl/α,β-unsaturated/α-hetero) is 1. The summed E-state index contributed by atoms with van der Waals surface area (Å²) in [5, 5.41) is 2.76. The summed E-state index contributed by atoms with van der Waals surface area (Å²) in [4.78, 5) is 25.9. The fraction of sp³-hybridized carbons (Fsp3) is 0.312. The average molecular weight is 618 g/mol. The summed E-state index contributed by atoms with van der Waals surface area (Å²) >= 11 is 0. The smallest absolute Gasteiger partial charge is 0.406 e. The summed E-state index contributed by atoms with van der Waals surface area (Å²) in [6.45, 7) is 6.25. The maximum atomic E-state index is 13.5. The Hall–Kier alpha value is -3.96. The van der Waals surface area contributed by atoms with Crippen LogP contribution in [0.2, 0.25) is 0 Å². The predicted octanol–water partition coefficient (Wildman–Crippen LogP) is 7.46. The van der Waals surface area contributed by atoms with Gasteiger partial charge in [-0.05, 0) is 59.2 Å². The number of allylic oxidation sites excluding steroid dienone is 1. The maximum Gasteiger partial charge on any atom is 0.573 e. The van der Waals surface area contributed by atoms with E-state index in [0.29, 0.717) is 16.8 Å². The number of rotatable bonds is 12. The van der Waals surface area contributed by atoms with E-state index < -0.39 is 33.9 Å². The molecule has 1 unspecified atom stereocenters. The maximum absolute atomic E-state index is 13.5. The molecule has 43 heavy (non-hydrogen) atoms. The van der Waals surface area contributed by atoms with E-state index in [-0.39, 0.29) is 36.4 Å². The lowest BCUT2D eigenvalue weighted by atomic mass is 9.89. The largest absolute Gasteiger partial charge is 0.573 e. The van der Waals surface area contributed by atoms with Crippen LogP contribution in [-0.2, 0) is 21.3 Å². The van der Waals surface area contributed by atoms with Crippen molar-refractivity contribution in [3.63, 3.8) is 0 Å². The highest BCUT2D eigenvalue weighted by Crippen LogP contribution is 2.27. The van der Waals surface area contributed by atoms with Gasteiger partial charge in [-0.3, -0.25) is 14.1 Å². The lowest BCUT2D eigenvalue weighted by molar-refractivity contribution is -0.274. The van der Waals surface area contributed by atoms with Crippen molar-refractivity contribution in [3.8, 4) is 5.75 Å². The lowest BCUT2D eigenvalue weighted by Gasteiger charge is -2.19. The van der Waals surface area contributed by atoms with Crippen molar-refractivity contribution in [3.05, 3.63) is 101 Å². The van der Waals surface area contributed by atoms with Crippen LogP contribution in [0.4, 0.5) is 18.9 Å². The van der Waals surface area contributed by atoms with Gasteiger partial charge < -0.3 is 10.1 Å². The molecule has 0 aromatic heterocycles. The van der Waals surface area contributed by atoms with E-state index in [1.165, 1.54) is 12.1 Å². The third-order valence-corrected chi connectivity index (χ3v) is 7.11. The number of carbonyl (C=O) groups is 2. The Morgan fingerprint density at radius 3 is 2.07 bits per heavy atom. The Labute approximate surface area is 249 Å². The number of amides is 1. The Morgan fingerprint density at radius 2 is 1.53 bits per heavy atom. The molecule has 0 saturated carbocycles. The van der Waals surface area contributed by atoms with Gasteiger partial charge in [0.15, 0.2) is 5.78 Å². The van der Waals surface area contributed by atoms with Gasteiger partial charge in [-0.1, -0.05) is 81.5 Å². The molecule has 2 N–H and O–H groups in total. The summed E-state index contributed by atoms with van der Waals surface area (Å²) in [5.74, 6) is -2.25. The number of hydrogen-bond acceptors (Lipinski definition) is 5. The van der Waals surface area contributed by atoms with E-state index in [9.17, 15) is 31.2 Å². The van der Waals surface area contributed by atoms with Crippen LogP contribution in [0.1, 0.15) is 66.6 Å². The van der Waals surface area contributed by atoms with Gasteiger partial charge in [-0.15, -0.1) is 13.2 Å². The predicted molar refractivity (Wildman–Crippen MR) is 160 cm³/mol. The molecular formula is C32H34F3NO6S. The summed E-state index contributed by atoms with van der Waals surface area (Å²) in [6.07, 6.45) is -0.558. The average Bonchev–Trinajstić information content (AvgIpc) is 2.90. The molecule has 3 aromatic rings. The Bertz CT molecular complexity index is 1520. The molecule has 3 rings (SSSR count). The van der Waals surface area contributed by atoms with Crippen molar-refractivity contribution in [1.29, 1.82) is 0 Å². The van der Waals surface area contributed by atoms with Crippen LogP contribution in [0.3, 0.4) is 0 Å². The minimum absolute atomic E-state index is 0.00803. The molecule has 0 aliphatic carbocycles. The second-order valence-corrected chi connectivity index (χ2v) is 12.8. The molecule has 0 saturated heterocycles. The van der Waals surface area contributed by atoms with E-state index in [1.54, 1.807) is 24.3 Å². The van der Waals surface area contributed by atoms with Crippen molar-refractivity contribution in [2.75, 3.05) is 11.1 Å². The highest BCUT2D eigenvalue weighted by atomic mass is 32.2. The first-order chi connectivity index (χ1) is 20.0. The number of ether oxygens (including phenoxy) is 1. The zero-order valence-corrected chi connectivity index (χ0v) is 24.8. The summed E-state index contributed by atoms with van der Waals surface area (Å²) in [5.41, 5.74) is 3.07. The van der Waals surface area contributed by atoms with Crippen LogP contribution in [0, 0.1) is 5.41 Å². The van der Waals surface area contributed by atoms with E-state index in [0.717, 1.165) is 23.3 Å². The van der Waals surface area contributed by atoms with Crippen LogP contribution in [0.5, 0.6) is 5.75 Å². The number of carbonyl (C=O) groups excluding carboxylic acids is 2. The first-order valence-corrected chi connectivity index (χ1v) is 15.1. The van der Waals surface area contributed by atoms with Gasteiger partial charge in [0.1, 0.15) is 5.75 Å². The van der Waals surface area contributed by atoms with Crippen molar-refractivity contribution in [2.45, 2.75) is 52.3 Å². The van der Waals surface area contributed by atoms with Crippen molar-refractivity contribution < 1.29 is 40.5 Å². The van der Waals surface area contributed by atoms with Gasteiger partial charge in [-0.25, -0.2) is 0 Å². The fourth-order valence-electron chi connectivity index (χ4n) is 4.14. The summed E-state index contributed by atoms with van der Waals surface area (Å²) in [7, 11) is -4.15. The van der Waals surface area contributed by atoms with Crippen LogP contribution < -0.4 is 10.1 Å². The monoisotopic (exact) mass is 617 g/mol. The van der Waals surface area contributed by atoms with E-state index in [4.69, 9.17) is 4.55 Å². The van der Waals surface area contributed by atoms with Gasteiger partial charge in [0, 0.05) is 17.7 Å². The van der Waals surface area contributed by atoms with Crippen molar-refractivity contribution in [2.24, 2.45) is 5.41 Å². The summed E-state index contributed by atoms with van der Waals surface area (Å²) < 4.78 is 72.1. The molecule has 0 fully saturated rings. The van der Waals surface area contributed by atoms with E-state index in [2.05, 4.69) is 36.9 Å². The molecule has 230 valence electrons. The molecule has 1 amide bonds. The minimum Gasteiger partial charge on any atom is -0.406 e. The molecule has 7 nitrogen and oxygen atoms in total. The van der Waals surface area contributed by atoms with Gasteiger partial charge in [-0.2, -0.15) is 8.42 Å². The van der Waals surface area contributed by atoms with Gasteiger partial charge in [0.05, 0.1) is 11.7 Å². The van der Waals surface area contributed by atoms with E-state index >= 15 is 0 Å². The third kappa shape index (κ3) is 12.0. The zero-order chi connectivity index (χ0) is 31.8. The number of ketones is 1.